The van der Waals surface area contributed by atoms with Crippen molar-refractivity contribution in [2.45, 2.75) is 19.9 Å². The Morgan fingerprint density at radius 1 is 1.25 bits per heavy atom. The first-order valence-electron chi connectivity index (χ1n) is 6.50. The molecular formula is C15H20N2O2S. The number of nitrogens with zero attached hydrogens (tertiary/aromatic N) is 2. The van der Waals surface area contributed by atoms with E-state index in [-0.39, 0.29) is 6.04 Å². The molecule has 0 bridgehead atoms. The molecule has 1 heterocycles. The molecule has 0 saturated heterocycles. The Morgan fingerprint density at radius 2 is 1.95 bits per heavy atom. The third-order valence-electron chi connectivity index (χ3n) is 3.07. The van der Waals surface area contributed by atoms with E-state index in [4.69, 9.17) is 14.5 Å². The highest BCUT2D eigenvalue weighted by atomic mass is 32.1. The van der Waals surface area contributed by atoms with E-state index in [9.17, 15) is 0 Å². The largest absolute Gasteiger partial charge is 0.497 e. The summed E-state index contributed by atoms with van der Waals surface area (Å²) >= 11 is 1.64. The molecule has 0 N–H and O–H groups in total. The summed E-state index contributed by atoms with van der Waals surface area (Å²) in [5.74, 6) is 0.840. The van der Waals surface area contributed by atoms with Gasteiger partial charge < -0.3 is 14.0 Å². The highest BCUT2D eigenvalue weighted by molar-refractivity contribution is 7.07. The average molecular weight is 292 g/mol. The molecule has 0 aliphatic carbocycles. The SMILES string of the molecule is COCC(C)n1c(C)csc1=Nc1ccc(OC)cc1. The lowest BCUT2D eigenvalue weighted by Gasteiger charge is -2.14. The van der Waals surface area contributed by atoms with E-state index < -0.39 is 0 Å². The standard InChI is InChI=1S/C15H20N2O2S/c1-11(9-18-3)17-12(2)10-20-15(17)16-13-5-7-14(19-4)8-6-13/h5-8,10-11H,9H2,1-4H3. The number of hydrogen-bond acceptors (Lipinski definition) is 4. The van der Waals surface area contributed by atoms with Gasteiger partial charge in [0.25, 0.3) is 0 Å². The van der Waals surface area contributed by atoms with E-state index in [0.29, 0.717) is 6.61 Å². The van der Waals surface area contributed by atoms with Crippen molar-refractivity contribution < 1.29 is 9.47 Å². The summed E-state index contributed by atoms with van der Waals surface area (Å²) in [6, 6.07) is 8.02. The molecule has 0 spiro atoms. The van der Waals surface area contributed by atoms with E-state index >= 15 is 0 Å². The van der Waals surface area contributed by atoms with E-state index in [1.807, 2.05) is 24.3 Å². The quantitative estimate of drug-likeness (QED) is 0.847. The lowest BCUT2D eigenvalue weighted by molar-refractivity contribution is 0.160. The van der Waals surface area contributed by atoms with Crippen LogP contribution in [0.1, 0.15) is 18.7 Å². The van der Waals surface area contributed by atoms with Gasteiger partial charge in [0.05, 0.1) is 25.4 Å². The van der Waals surface area contributed by atoms with Gasteiger partial charge in [-0.1, -0.05) is 0 Å². The Hall–Kier alpha value is -1.59. The predicted molar refractivity (Wildman–Crippen MR) is 81.9 cm³/mol. The van der Waals surface area contributed by atoms with Crippen LogP contribution in [0.3, 0.4) is 0 Å². The molecule has 20 heavy (non-hydrogen) atoms. The maximum absolute atomic E-state index is 5.24. The molecule has 108 valence electrons. The Labute approximate surface area is 123 Å². The second-order valence-electron chi connectivity index (χ2n) is 4.64. The van der Waals surface area contributed by atoms with Gasteiger partial charge in [0.2, 0.25) is 0 Å². The number of aryl methyl sites for hydroxylation is 1. The first-order valence-corrected chi connectivity index (χ1v) is 7.38. The fourth-order valence-corrected chi connectivity index (χ4v) is 3.09. The maximum Gasteiger partial charge on any atom is 0.190 e. The number of ether oxygens (including phenoxy) is 2. The fourth-order valence-electron chi connectivity index (χ4n) is 2.10. The van der Waals surface area contributed by atoms with Crippen LogP contribution in [0.4, 0.5) is 5.69 Å². The molecule has 1 atom stereocenters. The van der Waals surface area contributed by atoms with Gasteiger partial charge in [-0.25, -0.2) is 4.99 Å². The highest BCUT2D eigenvalue weighted by Crippen LogP contribution is 2.18. The molecule has 0 aliphatic rings. The second-order valence-corrected chi connectivity index (χ2v) is 5.48. The lowest BCUT2D eigenvalue weighted by atomic mass is 10.3. The molecule has 0 amide bonds. The molecule has 1 aromatic carbocycles. The van der Waals surface area contributed by atoms with Crippen LogP contribution < -0.4 is 9.54 Å². The molecule has 5 heteroatoms. The van der Waals surface area contributed by atoms with Crippen molar-refractivity contribution in [3.63, 3.8) is 0 Å². The third-order valence-corrected chi connectivity index (χ3v) is 4.02. The molecular weight excluding hydrogens is 272 g/mol. The van der Waals surface area contributed by atoms with Crippen LogP contribution in [0.2, 0.25) is 0 Å². The minimum atomic E-state index is 0.267. The van der Waals surface area contributed by atoms with Crippen molar-refractivity contribution in [2.24, 2.45) is 4.99 Å². The van der Waals surface area contributed by atoms with Gasteiger partial charge in [-0.15, -0.1) is 11.3 Å². The number of aromatic nitrogens is 1. The summed E-state index contributed by atoms with van der Waals surface area (Å²) in [6.45, 7) is 4.90. The topological polar surface area (TPSA) is 35.8 Å². The van der Waals surface area contributed by atoms with Gasteiger partial charge in [0, 0.05) is 18.2 Å². The Kier molecular flexibility index (Phi) is 4.98. The van der Waals surface area contributed by atoms with E-state index in [2.05, 4.69) is 23.8 Å². The number of benzene rings is 1. The Bertz CT molecular complexity index is 614. The Balaban J connectivity index is 2.38. The van der Waals surface area contributed by atoms with Gasteiger partial charge in [0.1, 0.15) is 5.75 Å². The molecule has 0 radical (unpaired) electrons. The normalized spacial score (nSPS) is 13.5. The number of hydrogen-bond donors (Lipinski definition) is 0. The number of rotatable bonds is 5. The summed E-state index contributed by atoms with van der Waals surface area (Å²) < 4.78 is 12.6. The summed E-state index contributed by atoms with van der Waals surface area (Å²) in [6.07, 6.45) is 0. The Morgan fingerprint density at radius 3 is 2.55 bits per heavy atom. The van der Waals surface area contributed by atoms with E-state index in [1.54, 1.807) is 25.6 Å². The lowest BCUT2D eigenvalue weighted by Crippen LogP contribution is -2.23. The van der Waals surface area contributed by atoms with E-state index in [1.165, 1.54) is 5.69 Å². The van der Waals surface area contributed by atoms with Gasteiger partial charge in [0.15, 0.2) is 4.80 Å². The van der Waals surface area contributed by atoms with Crippen LogP contribution in [0, 0.1) is 6.92 Å². The molecule has 1 aromatic heterocycles. The highest BCUT2D eigenvalue weighted by Gasteiger charge is 2.09. The molecule has 1 unspecified atom stereocenters. The minimum absolute atomic E-state index is 0.267. The van der Waals surface area contributed by atoms with Gasteiger partial charge in [-0.2, -0.15) is 0 Å². The van der Waals surface area contributed by atoms with Crippen LogP contribution in [0.15, 0.2) is 34.6 Å². The van der Waals surface area contributed by atoms with Crippen molar-refractivity contribution in [2.75, 3.05) is 20.8 Å². The van der Waals surface area contributed by atoms with Crippen LogP contribution >= 0.6 is 11.3 Å². The minimum Gasteiger partial charge on any atom is -0.497 e. The third kappa shape index (κ3) is 3.29. The molecule has 0 saturated carbocycles. The number of thiazole rings is 1. The zero-order valence-corrected chi connectivity index (χ0v) is 13.1. The molecule has 2 aromatic rings. The fraction of sp³-hybridized carbons (Fsp3) is 0.400. The zero-order chi connectivity index (χ0) is 14.5. The van der Waals surface area contributed by atoms with Crippen LogP contribution in [0.5, 0.6) is 5.75 Å². The van der Waals surface area contributed by atoms with E-state index in [0.717, 1.165) is 16.2 Å². The van der Waals surface area contributed by atoms with Crippen molar-refractivity contribution >= 4 is 17.0 Å². The van der Waals surface area contributed by atoms with Gasteiger partial charge in [-0.3, -0.25) is 0 Å². The van der Waals surface area contributed by atoms with Crippen LogP contribution in [0.25, 0.3) is 0 Å². The zero-order valence-electron chi connectivity index (χ0n) is 12.3. The van der Waals surface area contributed by atoms with Crippen LogP contribution in [-0.2, 0) is 4.74 Å². The summed E-state index contributed by atoms with van der Waals surface area (Å²) in [4.78, 5) is 5.69. The average Bonchev–Trinajstić information content (AvgIpc) is 2.81. The predicted octanol–water partition coefficient (Wildman–Crippen LogP) is 3.31. The van der Waals surface area contributed by atoms with Crippen molar-refractivity contribution in [3.8, 4) is 5.75 Å². The summed E-state index contributed by atoms with van der Waals surface area (Å²) in [5, 5.41) is 2.12. The monoisotopic (exact) mass is 292 g/mol. The molecule has 0 fully saturated rings. The summed E-state index contributed by atoms with van der Waals surface area (Å²) in [5.41, 5.74) is 2.12. The van der Waals surface area contributed by atoms with Gasteiger partial charge in [-0.05, 0) is 38.1 Å². The molecule has 0 aliphatic heterocycles. The molecule has 2 rings (SSSR count). The first-order chi connectivity index (χ1) is 9.65. The van der Waals surface area contributed by atoms with Crippen molar-refractivity contribution in [1.29, 1.82) is 0 Å². The second kappa shape index (κ2) is 6.72. The number of methoxy groups -OCH3 is 2. The van der Waals surface area contributed by atoms with Crippen molar-refractivity contribution in [3.05, 3.63) is 40.1 Å². The first kappa shape index (κ1) is 14.8. The summed E-state index contributed by atoms with van der Waals surface area (Å²) in [7, 11) is 3.38. The maximum atomic E-state index is 5.24. The molecule has 4 nitrogen and oxygen atoms in total. The smallest absolute Gasteiger partial charge is 0.190 e. The van der Waals surface area contributed by atoms with Crippen LogP contribution in [-0.4, -0.2) is 25.4 Å². The van der Waals surface area contributed by atoms with Gasteiger partial charge >= 0.3 is 0 Å². The van der Waals surface area contributed by atoms with Crippen molar-refractivity contribution in [1.82, 2.24) is 4.57 Å².